The van der Waals surface area contributed by atoms with E-state index >= 15 is 0 Å². The highest BCUT2D eigenvalue weighted by atomic mass is 16.4. The third-order valence-electron chi connectivity index (χ3n) is 8.21. The Hall–Kier alpha value is -3.88. The molecule has 2 N–H and O–H groups in total. The Bertz CT molecular complexity index is 1480. The minimum atomic E-state index is -1.01. The number of carbonyl (C=O) groups excluding carboxylic acids is 1. The first-order valence-corrected chi connectivity index (χ1v) is 13.1. The molecule has 1 saturated heterocycles. The van der Waals surface area contributed by atoms with E-state index in [0.717, 1.165) is 11.1 Å². The van der Waals surface area contributed by atoms with Crippen LogP contribution in [0.25, 0.3) is 10.9 Å². The number of carboxylic acids is 1. The van der Waals surface area contributed by atoms with Crippen molar-refractivity contribution in [1.82, 2.24) is 14.5 Å². The largest absolute Gasteiger partial charge is 0.478 e. The predicted octanol–water partition coefficient (Wildman–Crippen LogP) is 3.66. The molecular formula is C29H35N5O4. The van der Waals surface area contributed by atoms with Crippen LogP contribution in [0, 0.1) is 24.7 Å². The molecule has 2 heterocycles. The average molecular weight is 518 g/mol. The minimum absolute atomic E-state index is 0.0490. The van der Waals surface area contributed by atoms with Crippen molar-refractivity contribution in [3.8, 4) is 0 Å². The zero-order chi connectivity index (χ0) is 27.5. The summed E-state index contributed by atoms with van der Waals surface area (Å²) in [6.45, 7) is 9.31. The van der Waals surface area contributed by atoms with Gasteiger partial charge in [0.2, 0.25) is 11.9 Å². The third kappa shape index (κ3) is 4.29. The van der Waals surface area contributed by atoms with Crippen LogP contribution in [0.4, 0.5) is 11.6 Å². The molecule has 9 heteroatoms. The van der Waals surface area contributed by atoms with Crippen molar-refractivity contribution < 1.29 is 14.7 Å². The zero-order valence-corrected chi connectivity index (χ0v) is 22.7. The van der Waals surface area contributed by atoms with Gasteiger partial charge in [-0.2, -0.15) is 0 Å². The van der Waals surface area contributed by atoms with Crippen LogP contribution in [0.5, 0.6) is 0 Å². The Morgan fingerprint density at radius 2 is 1.79 bits per heavy atom. The van der Waals surface area contributed by atoms with Crippen LogP contribution >= 0.6 is 0 Å². The van der Waals surface area contributed by atoms with Gasteiger partial charge in [-0.3, -0.25) is 14.2 Å². The number of carboxylic acid groups (broad SMARTS) is 1. The first kappa shape index (κ1) is 25.8. The number of carbonyl (C=O) groups is 2. The second-order valence-electron chi connectivity index (χ2n) is 11.0. The van der Waals surface area contributed by atoms with Crippen LogP contribution < -0.4 is 15.8 Å². The van der Waals surface area contributed by atoms with Crippen LogP contribution in [0.3, 0.4) is 0 Å². The molecule has 1 aromatic heterocycles. The van der Waals surface area contributed by atoms with Crippen molar-refractivity contribution in [3.63, 3.8) is 0 Å². The van der Waals surface area contributed by atoms with Gasteiger partial charge in [0.15, 0.2) is 0 Å². The summed E-state index contributed by atoms with van der Waals surface area (Å²) in [6, 6.07) is 10.5. The predicted molar refractivity (Wildman–Crippen MR) is 148 cm³/mol. The number of hydrogen-bond donors (Lipinski definition) is 2. The minimum Gasteiger partial charge on any atom is -0.478 e. The summed E-state index contributed by atoms with van der Waals surface area (Å²) in [7, 11) is 3.61. The van der Waals surface area contributed by atoms with Gasteiger partial charge in [-0.1, -0.05) is 18.2 Å². The van der Waals surface area contributed by atoms with Crippen molar-refractivity contribution in [2.75, 3.05) is 30.4 Å². The van der Waals surface area contributed by atoms with Crippen LogP contribution in [-0.4, -0.2) is 57.6 Å². The van der Waals surface area contributed by atoms with Gasteiger partial charge < -0.3 is 20.2 Å². The van der Waals surface area contributed by atoms with E-state index < -0.39 is 5.97 Å². The maximum Gasteiger partial charge on any atom is 0.337 e. The van der Waals surface area contributed by atoms with Gasteiger partial charge in [0, 0.05) is 50.4 Å². The average Bonchev–Trinajstić information content (AvgIpc) is 3.37. The fourth-order valence-electron chi connectivity index (χ4n) is 5.81. The summed E-state index contributed by atoms with van der Waals surface area (Å²) in [5.74, 6) is 0.403. The highest BCUT2D eigenvalue weighted by molar-refractivity contribution is 5.94. The molecule has 4 atom stereocenters. The molecule has 2 aliphatic rings. The van der Waals surface area contributed by atoms with E-state index in [4.69, 9.17) is 4.98 Å². The molecule has 0 bridgehead atoms. The molecule has 9 nitrogen and oxygen atoms in total. The number of piperidine rings is 1. The first-order chi connectivity index (χ1) is 18.0. The normalized spacial score (nSPS) is 20.9. The highest BCUT2D eigenvalue weighted by Crippen LogP contribution is 2.53. The molecule has 0 radical (unpaired) electrons. The molecule has 1 aliphatic carbocycles. The van der Waals surface area contributed by atoms with E-state index in [1.54, 1.807) is 35.9 Å². The Balaban J connectivity index is 1.47. The number of aromatic carboxylic acids is 1. The number of hydrogen-bond acceptors (Lipinski definition) is 6. The molecule has 5 rings (SSSR count). The van der Waals surface area contributed by atoms with E-state index in [-0.39, 0.29) is 46.9 Å². The molecule has 1 aliphatic heterocycles. The van der Waals surface area contributed by atoms with E-state index in [0.29, 0.717) is 35.6 Å². The first-order valence-electron chi connectivity index (χ1n) is 13.1. The van der Waals surface area contributed by atoms with E-state index in [1.807, 2.05) is 51.8 Å². The van der Waals surface area contributed by atoms with Crippen LogP contribution in [0.1, 0.15) is 48.3 Å². The van der Waals surface area contributed by atoms with Crippen molar-refractivity contribution in [1.29, 1.82) is 0 Å². The quantitative estimate of drug-likeness (QED) is 0.492. The number of rotatable bonds is 7. The Morgan fingerprint density at radius 1 is 1.13 bits per heavy atom. The van der Waals surface area contributed by atoms with Gasteiger partial charge in [-0.25, -0.2) is 9.78 Å². The van der Waals surface area contributed by atoms with Gasteiger partial charge in [-0.05, 0) is 63.3 Å². The molecule has 3 aromatic rings. The van der Waals surface area contributed by atoms with E-state index in [1.165, 1.54) is 0 Å². The van der Waals surface area contributed by atoms with Crippen LogP contribution in [-0.2, 0) is 11.8 Å². The molecule has 2 aromatic carbocycles. The van der Waals surface area contributed by atoms with Crippen LogP contribution in [0.2, 0.25) is 0 Å². The maximum atomic E-state index is 13.5. The number of aryl methyl sites for hydroxylation is 1. The number of benzene rings is 2. The molecule has 2 fully saturated rings. The SMILES string of the molecule is Cc1cc(C(C)Nc2ccccc2C(=O)O)c2nc(N3C[C@@H]4[C@H](C3)[C@@H]4C(=O)N(C)C(C)C)n(C)c(=O)c2c1. The number of para-hydroxylation sites is 1. The molecule has 200 valence electrons. The van der Waals surface area contributed by atoms with Gasteiger partial charge in [0.25, 0.3) is 5.56 Å². The number of anilines is 2. The lowest BCUT2D eigenvalue weighted by Gasteiger charge is -2.26. The fraction of sp³-hybridized carbons (Fsp3) is 0.448. The summed E-state index contributed by atoms with van der Waals surface area (Å²) in [5, 5.41) is 13.4. The molecule has 0 spiro atoms. The molecular weight excluding hydrogens is 482 g/mol. The van der Waals surface area contributed by atoms with Crippen LogP contribution in [0.15, 0.2) is 41.2 Å². The number of nitrogens with zero attached hydrogens (tertiary/aromatic N) is 4. The van der Waals surface area contributed by atoms with Gasteiger partial charge in [0.1, 0.15) is 0 Å². The lowest BCUT2D eigenvalue weighted by Crippen LogP contribution is -2.38. The van der Waals surface area contributed by atoms with Gasteiger partial charge >= 0.3 is 5.97 Å². The van der Waals surface area contributed by atoms with Crippen molar-refractivity contribution in [2.24, 2.45) is 24.8 Å². The Kier molecular flexibility index (Phi) is 6.41. The fourth-order valence-corrected chi connectivity index (χ4v) is 5.81. The number of amides is 1. The van der Waals surface area contributed by atoms with Crippen molar-refractivity contribution in [2.45, 2.75) is 39.8 Å². The Labute approximate surface area is 222 Å². The highest BCUT2D eigenvalue weighted by Gasteiger charge is 2.60. The van der Waals surface area contributed by atoms with Gasteiger partial charge in [-0.15, -0.1) is 0 Å². The maximum absolute atomic E-state index is 13.5. The number of nitrogens with one attached hydrogen (secondary N) is 1. The standard InChI is InChI=1S/C29H35N5O4/c1-15(2)32(5)27(36)24-21-13-34(14-22(21)24)29-31-25-19(11-16(3)12-20(25)26(35)33(29)6)17(4)30-23-10-8-7-9-18(23)28(37)38/h7-12,15,17,21-22,24,30H,13-14H2,1-6H3,(H,37,38)/t17?,21-,22+,24-. The summed E-state index contributed by atoms with van der Waals surface area (Å²) in [5.41, 5.74) is 2.93. The third-order valence-corrected chi connectivity index (χ3v) is 8.21. The number of aromatic nitrogens is 2. The summed E-state index contributed by atoms with van der Waals surface area (Å²) >= 11 is 0. The summed E-state index contributed by atoms with van der Waals surface area (Å²) in [4.78, 5) is 47.0. The topological polar surface area (TPSA) is 108 Å². The van der Waals surface area contributed by atoms with E-state index in [9.17, 15) is 19.5 Å². The van der Waals surface area contributed by atoms with E-state index in [2.05, 4.69) is 10.2 Å². The second kappa shape index (κ2) is 9.45. The van der Waals surface area contributed by atoms with Crippen molar-refractivity contribution >= 4 is 34.4 Å². The number of fused-ring (bicyclic) bond motifs is 2. The second-order valence-corrected chi connectivity index (χ2v) is 11.0. The lowest BCUT2D eigenvalue weighted by atomic mass is 10.0. The zero-order valence-electron chi connectivity index (χ0n) is 22.7. The smallest absolute Gasteiger partial charge is 0.337 e. The molecule has 1 amide bonds. The molecule has 1 unspecified atom stereocenters. The molecule has 38 heavy (non-hydrogen) atoms. The lowest BCUT2D eigenvalue weighted by molar-refractivity contribution is -0.133. The van der Waals surface area contributed by atoms with Crippen molar-refractivity contribution in [3.05, 3.63) is 63.4 Å². The monoisotopic (exact) mass is 517 g/mol. The summed E-state index contributed by atoms with van der Waals surface area (Å²) < 4.78 is 1.60. The summed E-state index contributed by atoms with van der Waals surface area (Å²) in [6.07, 6.45) is 0. The van der Waals surface area contributed by atoms with Gasteiger partial charge in [0.05, 0.1) is 22.5 Å². The molecule has 1 saturated carbocycles. The Morgan fingerprint density at radius 3 is 2.42 bits per heavy atom.